The van der Waals surface area contributed by atoms with Crippen LogP contribution in [0.3, 0.4) is 0 Å². The first kappa shape index (κ1) is 25.0. The molecule has 3 aromatic rings. The Morgan fingerprint density at radius 2 is 1.70 bits per heavy atom. The molecule has 0 aliphatic carbocycles. The molecule has 0 aliphatic rings. The van der Waals surface area contributed by atoms with E-state index in [1.54, 1.807) is 25.6 Å². The Morgan fingerprint density at radius 1 is 1.03 bits per heavy atom. The molecule has 0 heterocycles. The Balaban J connectivity index is 1.69. The fraction of sp³-hybridized carbons (Fsp3) is 0.208. The maximum Gasteiger partial charge on any atom is 0.418 e. The van der Waals surface area contributed by atoms with Crippen molar-refractivity contribution in [2.45, 2.75) is 41.9 Å². The molecule has 33 heavy (non-hydrogen) atoms. The van der Waals surface area contributed by atoms with E-state index in [2.05, 4.69) is 10.6 Å². The first-order valence-electron chi connectivity index (χ1n) is 10.0. The minimum absolute atomic E-state index is 0.0232. The Kier molecular flexibility index (Phi) is 7.62. The molecule has 0 radical (unpaired) electrons. The number of benzene rings is 3. The monoisotopic (exact) mass is 493 g/mol. The van der Waals surface area contributed by atoms with Crippen LogP contribution in [0.4, 0.5) is 24.5 Å². The molecule has 4 nitrogen and oxygen atoms in total. The molecule has 9 heteroatoms. The van der Waals surface area contributed by atoms with Gasteiger partial charge in [0.05, 0.1) is 11.1 Å². The van der Waals surface area contributed by atoms with E-state index in [4.69, 9.17) is 17.3 Å². The molecule has 0 aromatic heterocycles. The lowest BCUT2D eigenvalue weighted by Gasteiger charge is -2.26. The van der Waals surface area contributed by atoms with Gasteiger partial charge in [0, 0.05) is 32.7 Å². The number of nitrogens with two attached hydrogens (primary N) is 1. The average molecular weight is 494 g/mol. The summed E-state index contributed by atoms with van der Waals surface area (Å²) in [6.07, 6.45) is -4.61. The molecule has 4 N–H and O–H groups in total. The number of amides is 1. The summed E-state index contributed by atoms with van der Waals surface area (Å²) in [5.41, 5.74) is 3.99. The van der Waals surface area contributed by atoms with Crippen LogP contribution in [0.2, 0.25) is 5.02 Å². The molecule has 3 rings (SSSR count). The molecule has 0 bridgehead atoms. The number of carbonyl (C=O) groups excluding carboxylic acids is 1. The van der Waals surface area contributed by atoms with Crippen LogP contribution in [0.15, 0.2) is 76.5 Å². The normalized spacial score (nSPS) is 11.9. The number of hydrogen-bond donors (Lipinski definition) is 3. The van der Waals surface area contributed by atoms with E-state index in [0.717, 1.165) is 27.5 Å². The fourth-order valence-electron chi connectivity index (χ4n) is 2.94. The Hall–Kier alpha value is -2.68. The highest BCUT2D eigenvalue weighted by molar-refractivity contribution is 7.99. The van der Waals surface area contributed by atoms with E-state index >= 15 is 0 Å². The summed E-state index contributed by atoms with van der Waals surface area (Å²) in [5, 5.41) is 6.39. The van der Waals surface area contributed by atoms with E-state index in [1.165, 1.54) is 6.07 Å². The number of alkyl halides is 3. The van der Waals surface area contributed by atoms with Crippen molar-refractivity contribution in [1.82, 2.24) is 5.32 Å². The largest absolute Gasteiger partial charge is 0.418 e. The zero-order valence-corrected chi connectivity index (χ0v) is 19.5. The van der Waals surface area contributed by atoms with Crippen molar-refractivity contribution >= 4 is 40.6 Å². The second-order valence-corrected chi connectivity index (χ2v) is 9.45. The van der Waals surface area contributed by atoms with E-state index in [9.17, 15) is 18.0 Å². The number of rotatable bonds is 7. The van der Waals surface area contributed by atoms with Gasteiger partial charge in [0.15, 0.2) is 0 Å². The summed E-state index contributed by atoms with van der Waals surface area (Å²) in [7, 11) is 0. The predicted molar refractivity (Wildman–Crippen MR) is 127 cm³/mol. The van der Waals surface area contributed by atoms with Gasteiger partial charge in [0.25, 0.3) is 0 Å². The van der Waals surface area contributed by atoms with Crippen molar-refractivity contribution in [2.75, 3.05) is 11.1 Å². The first-order valence-corrected chi connectivity index (χ1v) is 11.2. The zero-order chi connectivity index (χ0) is 24.2. The number of nitrogens with one attached hydrogen (secondary N) is 2. The number of nitrogen functional groups attached to an aromatic ring is 1. The quantitative estimate of drug-likeness (QED) is 0.324. The van der Waals surface area contributed by atoms with Crippen LogP contribution in [-0.2, 0) is 17.5 Å². The SMILES string of the molecule is CC(C)(NCc1ccccc1Sc1ccc(Cl)cc1)C(=O)Nc1ccc(N)c(C(F)(F)F)c1. The van der Waals surface area contributed by atoms with E-state index < -0.39 is 28.9 Å². The molecule has 0 fully saturated rings. The lowest BCUT2D eigenvalue weighted by atomic mass is 10.0. The maximum absolute atomic E-state index is 13.1. The van der Waals surface area contributed by atoms with E-state index in [-0.39, 0.29) is 5.69 Å². The summed E-state index contributed by atoms with van der Waals surface area (Å²) in [4.78, 5) is 14.8. The molecule has 0 unspecified atom stereocenters. The maximum atomic E-state index is 13.1. The van der Waals surface area contributed by atoms with Gasteiger partial charge in [-0.15, -0.1) is 0 Å². The molecule has 1 amide bonds. The van der Waals surface area contributed by atoms with Gasteiger partial charge in [-0.1, -0.05) is 41.6 Å². The molecule has 0 saturated carbocycles. The third-order valence-corrected chi connectivity index (χ3v) is 6.30. The van der Waals surface area contributed by atoms with Crippen molar-refractivity contribution in [2.24, 2.45) is 0 Å². The Labute approximate surface area is 199 Å². The smallest absolute Gasteiger partial charge is 0.398 e. The van der Waals surface area contributed by atoms with Gasteiger partial charge in [0.1, 0.15) is 0 Å². The predicted octanol–water partition coefficient (Wildman–Crippen LogP) is 6.60. The number of halogens is 4. The minimum atomic E-state index is -4.61. The van der Waals surface area contributed by atoms with Gasteiger partial charge in [-0.25, -0.2) is 0 Å². The van der Waals surface area contributed by atoms with Crippen molar-refractivity contribution in [3.63, 3.8) is 0 Å². The van der Waals surface area contributed by atoms with Gasteiger partial charge < -0.3 is 11.1 Å². The topological polar surface area (TPSA) is 67.2 Å². The third-order valence-electron chi connectivity index (χ3n) is 4.92. The third kappa shape index (κ3) is 6.66. The van der Waals surface area contributed by atoms with Crippen LogP contribution >= 0.6 is 23.4 Å². The molecular weight excluding hydrogens is 471 g/mol. The van der Waals surface area contributed by atoms with Gasteiger partial charge in [-0.3, -0.25) is 10.1 Å². The van der Waals surface area contributed by atoms with Crippen LogP contribution in [0.5, 0.6) is 0 Å². The summed E-state index contributed by atoms with van der Waals surface area (Å²) in [6.45, 7) is 3.71. The number of carbonyl (C=O) groups is 1. The highest BCUT2D eigenvalue weighted by Gasteiger charge is 2.34. The van der Waals surface area contributed by atoms with Crippen LogP contribution in [-0.4, -0.2) is 11.4 Å². The summed E-state index contributed by atoms with van der Waals surface area (Å²) >= 11 is 7.53. The van der Waals surface area contributed by atoms with Crippen molar-refractivity contribution in [3.8, 4) is 0 Å². The number of anilines is 2. The summed E-state index contributed by atoms with van der Waals surface area (Å²) < 4.78 is 39.3. The summed E-state index contributed by atoms with van der Waals surface area (Å²) in [5.74, 6) is -0.469. The van der Waals surface area contributed by atoms with Crippen LogP contribution < -0.4 is 16.4 Å². The molecule has 0 aliphatic heterocycles. The highest BCUT2D eigenvalue weighted by Crippen LogP contribution is 2.35. The molecular formula is C24H23ClF3N3OS. The second-order valence-electron chi connectivity index (χ2n) is 7.90. The lowest BCUT2D eigenvalue weighted by molar-refractivity contribution is -0.137. The molecule has 0 spiro atoms. The van der Waals surface area contributed by atoms with E-state index in [0.29, 0.717) is 11.6 Å². The molecule has 0 saturated heterocycles. The minimum Gasteiger partial charge on any atom is -0.398 e. The van der Waals surface area contributed by atoms with Crippen LogP contribution in [0.25, 0.3) is 0 Å². The van der Waals surface area contributed by atoms with Gasteiger partial charge in [-0.2, -0.15) is 13.2 Å². The van der Waals surface area contributed by atoms with Gasteiger partial charge >= 0.3 is 6.18 Å². The lowest BCUT2D eigenvalue weighted by Crippen LogP contribution is -2.49. The molecule has 0 atom stereocenters. The van der Waals surface area contributed by atoms with Gasteiger partial charge in [0.2, 0.25) is 5.91 Å². The van der Waals surface area contributed by atoms with Crippen LogP contribution in [0.1, 0.15) is 25.0 Å². The molecule has 174 valence electrons. The first-order chi connectivity index (χ1) is 15.5. The van der Waals surface area contributed by atoms with Crippen molar-refractivity contribution in [1.29, 1.82) is 0 Å². The Morgan fingerprint density at radius 3 is 2.36 bits per heavy atom. The van der Waals surface area contributed by atoms with Crippen LogP contribution in [0, 0.1) is 0 Å². The molecule has 3 aromatic carbocycles. The number of hydrogen-bond acceptors (Lipinski definition) is 4. The van der Waals surface area contributed by atoms with Crippen molar-refractivity contribution < 1.29 is 18.0 Å². The zero-order valence-electron chi connectivity index (χ0n) is 18.0. The van der Waals surface area contributed by atoms with E-state index in [1.807, 2.05) is 48.5 Å². The summed E-state index contributed by atoms with van der Waals surface area (Å²) in [6, 6.07) is 18.6. The average Bonchev–Trinajstić information content (AvgIpc) is 2.75. The highest BCUT2D eigenvalue weighted by atomic mass is 35.5. The van der Waals surface area contributed by atoms with Gasteiger partial charge in [-0.05, 0) is 67.9 Å². The standard InChI is InChI=1S/C24H23ClF3N3OS/c1-23(2,22(32)31-17-9-12-20(29)19(13-17)24(26,27)28)30-14-15-5-3-4-6-21(15)33-18-10-7-16(25)8-11-18/h3-13,30H,14,29H2,1-2H3,(H,31,32). The van der Waals surface area contributed by atoms with Crippen molar-refractivity contribution in [3.05, 3.63) is 82.9 Å². The second kappa shape index (κ2) is 10.1. The fourth-order valence-corrected chi connectivity index (χ4v) is 4.01. The Bertz CT molecular complexity index is 1130.